The molecule has 0 bridgehead atoms. The predicted molar refractivity (Wildman–Crippen MR) is 197 cm³/mol. The van der Waals surface area contributed by atoms with Gasteiger partial charge in [0.05, 0.1) is 18.8 Å². The van der Waals surface area contributed by atoms with Gasteiger partial charge < -0.3 is 30.5 Å². The number of aliphatic hydroxyl groups excluding tert-OH is 1. The molecule has 0 radical (unpaired) electrons. The molecule has 256 valence electrons. The molecule has 3 amide bonds. The first-order valence-electron chi connectivity index (χ1n) is 16.7. The third kappa shape index (κ3) is 9.83. The van der Waals surface area contributed by atoms with Crippen molar-refractivity contribution in [2.24, 2.45) is 0 Å². The van der Waals surface area contributed by atoms with Crippen molar-refractivity contribution in [2.45, 2.75) is 56.4 Å². The number of anilines is 1. The lowest BCUT2D eigenvalue weighted by Crippen LogP contribution is -2.34. The molecule has 0 spiro atoms. The highest BCUT2D eigenvalue weighted by atomic mass is 32.2. The van der Waals surface area contributed by atoms with Gasteiger partial charge in [0.15, 0.2) is 6.29 Å². The molecule has 0 aliphatic carbocycles. The van der Waals surface area contributed by atoms with E-state index in [-0.39, 0.29) is 30.8 Å². The Labute approximate surface area is 297 Å². The third-order valence-corrected chi connectivity index (χ3v) is 9.56. The Kier molecular flexibility index (Phi) is 12.0. The molecule has 0 saturated carbocycles. The van der Waals surface area contributed by atoms with E-state index in [1.165, 1.54) is 6.92 Å². The summed E-state index contributed by atoms with van der Waals surface area (Å²) in [6, 6.07) is 41.7. The van der Waals surface area contributed by atoms with Crippen LogP contribution in [0, 0.1) is 0 Å². The summed E-state index contributed by atoms with van der Waals surface area (Å²) in [7, 11) is 0. The number of nitrogens with one attached hydrogen (secondary N) is 3. The average Bonchev–Trinajstić information content (AvgIpc) is 3.16. The van der Waals surface area contributed by atoms with E-state index in [2.05, 4.69) is 40.2 Å². The van der Waals surface area contributed by atoms with Crippen LogP contribution < -0.4 is 16.0 Å². The Balaban J connectivity index is 1.10. The van der Waals surface area contributed by atoms with Gasteiger partial charge in [0.25, 0.3) is 0 Å². The highest BCUT2D eigenvalue weighted by Gasteiger charge is 2.32. The number of benzene rings is 5. The highest BCUT2D eigenvalue weighted by molar-refractivity contribution is 7.99. The lowest BCUT2D eigenvalue weighted by molar-refractivity contribution is -0.245. The van der Waals surface area contributed by atoms with Crippen molar-refractivity contribution in [3.8, 4) is 11.1 Å². The van der Waals surface area contributed by atoms with E-state index in [0.717, 1.165) is 55.3 Å². The molecule has 1 heterocycles. The molecular formula is C41H41N3O5S. The van der Waals surface area contributed by atoms with Crippen LogP contribution in [0.15, 0.2) is 132 Å². The quantitative estimate of drug-likeness (QED) is 0.0987. The summed E-state index contributed by atoms with van der Waals surface area (Å²) < 4.78 is 13.1. The molecular weight excluding hydrogens is 647 g/mol. The topological polar surface area (TPSA) is 109 Å². The molecule has 5 aromatic rings. The number of thioether (sulfide) groups is 1. The minimum atomic E-state index is -0.557. The van der Waals surface area contributed by atoms with Crippen LogP contribution in [0.2, 0.25) is 0 Å². The number of carbonyl (C=O) groups is 2. The fourth-order valence-electron chi connectivity index (χ4n) is 5.77. The maximum absolute atomic E-state index is 12.4. The first-order valence-corrected chi connectivity index (χ1v) is 17.7. The van der Waals surface area contributed by atoms with Crippen LogP contribution in [0.4, 0.5) is 10.5 Å². The van der Waals surface area contributed by atoms with Crippen molar-refractivity contribution in [3.05, 3.63) is 155 Å². The van der Waals surface area contributed by atoms with Crippen molar-refractivity contribution in [2.75, 3.05) is 11.1 Å². The maximum atomic E-state index is 12.4. The minimum Gasteiger partial charge on any atom is -0.392 e. The molecule has 3 atom stereocenters. The van der Waals surface area contributed by atoms with Gasteiger partial charge >= 0.3 is 6.03 Å². The average molecular weight is 688 g/mol. The number of aliphatic hydroxyl groups is 1. The fraction of sp³-hybridized carbons (Fsp3) is 0.220. The van der Waals surface area contributed by atoms with E-state index in [1.807, 2.05) is 103 Å². The smallest absolute Gasteiger partial charge is 0.315 e. The van der Waals surface area contributed by atoms with Gasteiger partial charge in [-0.3, -0.25) is 4.79 Å². The Bertz CT molecular complexity index is 1850. The van der Waals surface area contributed by atoms with E-state index in [0.29, 0.717) is 19.5 Å². The summed E-state index contributed by atoms with van der Waals surface area (Å²) in [6.07, 6.45) is -0.124. The maximum Gasteiger partial charge on any atom is 0.315 e. The molecule has 1 aliphatic rings. The molecule has 0 aromatic heterocycles. The highest BCUT2D eigenvalue weighted by Crippen LogP contribution is 2.40. The number of carbonyl (C=O) groups excluding carboxylic acids is 2. The van der Waals surface area contributed by atoms with Crippen LogP contribution in [0.5, 0.6) is 0 Å². The zero-order valence-electron chi connectivity index (χ0n) is 27.9. The Hall–Kier alpha value is -4.93. The SMILES string of the molecule is CC(=O)Nc1ccc(SC[C@H]2C[C@@H](c3ccc(CO)cc3)O[C@@H](c3ccc(-c4cccc(CNC(=O)NCc5ccccc5)c4)cc3)O2)cc1. The summed E-state index contributed by atoms with van der Waals surface area (Å²) in [5.74, 6) is 0.633. The van der Waals surface area contributed by atoms with Gasteiger partial charge in [-0.15, -0.1) is 11.8 Å². The Morgan fingerprint density at radius 3 is 2.10 bits per heavy atom. The summed E-state index contributed by atoms with van der Waals surface area (Å²) in [5.41, 5.74) is 7.73. The van der Waals surface area contributed by atoms with Gasteiger partial charge in [-0.2, -0.15) is 0 Å². The molecule has 1 saturated heterocycles. The standard InChI is InChI=1S/C41H41N3O5S/c1-28(46)44-36-18-20-38(21-19-36)50-27-37-23-39(33-12-10-30(26-45)11-13-33)49-40(48-37)34-16-14-32(15-17-34)35-9-5-8-31(22-35)25-43-41(47)42-24-29-6-3-2-4-7-29/h2-22,37,39-40,45H,23-27H2,1H3,(H,44,46)(H2,42,43,47)/t37-,39+,40+/m1/s1. The van der Waals surface area contributed by atoms with Crippen molar-refractivity contribution in [1.29, 1.82) is 0 Å². The van der Waals surface area contributed by atoms with Gasteiger partial charge in [-0.1, -0.05) is 97.1 Å². The first-order chi connectivity index (χ1) is 24.4. The number of rotatable bonds is 12. The molecule has 4 N–H and O–H groups in total. The summed E-state index contributed by atoms with van der Waals surface area (Å²) in [4.78, 5) is 24.9. The number of urea groups is 1. The molecule has 6 rings (SSSR count). The molecule has 1 aliphatic heterocycles. The van der Waals surface area contributed by atoms with Crippen LogP contribution in [0.3, 0.4) is 0 Å². The van der Waals surface area contributed by atoms with Gasteiger partial charge in [0.1, 0.15) is 0 Å². The largest absolute Gasteiger partial charge is 0.392 e. The summed E-state index contributed by atoms with van der Waals surface area (Å²) in [5, 5.41) is 18.2. The van der Waals surface area contributed by atoms with Crippen molar-refractivity contribution in [1.82, 2.24) is 10.6 Å². The lowest BCUT2D eigenvalue weighted by Gasteiger charge is -2.36. The number of amides is 3. The minimum absolute atomic E-state index is 0.00656. The molecule has 0 unspecified atom stereocenters. The van der Waals surface area contributed by atoms with E-state index in [4.69, 9.17) is 9.47 Å². The van der Waals surface area contributed by atoms with Gasteiger partial charge in [-0.05, 0) is 63.7 Å². The first kappa shape index (κ1) is 34.9. The zero-order chi connectivity index (χ0) is 34.7. The number of hydrogen-bond acceptors (Lipinski definition) is 6. The fourth-order valence-corrected chi connectivity index (χ4v) is 6.69. The van der Waals surface area contributed by atoms with Crippen molar-refractivity contribution >= 4 is 29.4 Å². The van der Waals surface area contributed by atoms with Crippen molar-refractivity contribution < 1.29 is 24.2 Å². The zero-order valence-corrected chi connectivity index (χ0v) is 28.7. The molecule has 5 aromatic carbocycles. The van der Waals surface area contributed by atoms with E-state index in [9.17, 15) is 14.7 Å². The second-order valence-corrected chi connectivity index (χ2v) is 13.3. The van der Waals surface area contributed by atoms with E-state index >= 15 is 0 Å². The lowest BCUT2D eigenvalue weighted by atomic mass is 9.99. The van der Waals surface area contributed by atoms with Gasteiger partial charge in [-0.25, -0.2) is 4.79 Å². The van der Waals surface area contributed by atoms with Crippen molar-refractivity contribution in [3.63, 3.8) is 0 Å². The Morgan fingerprint density at radius 1 is 0.720 bits per heavy atom. The van der Waals surface area contributed by atoms with Gasteiger partial charge in [0.2, 0.25) is 5.91 Å². The third-order valence-electron chi connectivity index (χ3n) is 8.42. The van der Waals surface area contributed by atoms with E-state index in [1.54, 1.807) is 11.8 Å². The van der Waals surface area contributed by atoms with Crippen LogP contribution in [-0.2, 0) is 34.0 Å². The van der Waals surface area contributed by atoms with Crippen LogP contribution in [0.25, 0.3) is 11.1 Å². The Morgan fingerprint density at radius 2 is 1.40 bits per heavy atom. The van der Waals surface area contributed by atoms with Gasteiger partial charge in [0, 0.05) is 48.3 Å². The monoisotopic (exact) mass is 687 g/mol. The van der Waals surface area contributed by atoms with Crippen LogP contribution >= 0.6 is 11.8 Å². The van der Waals surface area contributed by atoms with E-state index < -0.39 is 6.29 Å². The predicted octanol–water partition coefficient (Wildman–Crippen LogP) is 8.14. The molecule has 1 fully saturated rings. The second-order valence-electron chi connectivity index (χ2n) is 12.2. The normalized spacial score (nSPS) is 17.1. The number of ether oxygens (including phenoxy) is 2. The van der Waals surface area contributed by atoms with Crippen LogP contribution in [-0.4, -0.2) is 28.9 Å². The second kappa shape index (κ2) is 17.1. The molecule has 9 heteroatoms. The summed E-state index contributed by atoms with van der Waals surface area (Å²) >= 11 is 1.71. The van der Waals surface area contributed by atoms with Crippen LogP contribution in [0.1, 0.15) is 53.6 Å². The molecule has 50 heavy (non-hydrogen) atoms. The molecule has 8 nitrogen and oxygen atoms in total. The summed E-state index contributed by atoms with van der Waals surface area (Å²) in [6.45, 7) is 2.37. The number of hydrogen-bond donors (Lipinski definition) is 4.